The minimum absolute atomic E-state index is 0.0774. The van der Waals surface area contributed by atoms with Crippen LogP contribution in [-0.2, 0) is 22.6 Å². The van der Waals surface area contributed by atoms with Gasteiger partial charge in [0.2, 0.25) is 11.8 Å². The van der Waals surface area contributed by atoms with Gasteiger partial charge in [0.05, 0.1) is 31.5 Å². The Morgan fingerprint density at radius 1 is 1.07 bits per heavy atom. The van der Waals surface area contributed by atoms with E-state index >= 15 is 0 Å². The number of amides is 2. The number of benzene rings is 1. The van der Waals surface area contributed by atoms with Gasteiger partial charge in [-0.15, -0.1) is 11.3 Å². The summed E-state index contributed by atoms with van der Waals surface area (Å²) in [5, 5.41) is 7.24. The molecule has 0 aliphatic heterocycles. The molecule has 28 heavy (non-hydrogen) atoms. The van der Waals surface area contributed by atoms with Crippen LogP contribution in [-0.4, -0.2) is 27.7 Å². The molecule has 0 fully saturated rings. The number of nitrogens with zero attached hydrogens (tertiary/aromatic N) is 2. The molecule has 0 saturated heterocycles. The summed E-state index contributed by atoms with van der Waals surface area (Å²) in [5.74, 6) is 0.173. The topological polar surface area (TPSA) is 88.6 Å². The highest BCUT2D eigenvalue weighted by Gasteiger charge is 2.13. The lowest BCUT2D eigenvalue weighted by molar-refractivity contribution is -0.125. The van der Waals surface area contributed by atoms with Crippen LogP contribution in [0.5, 0.6) is 0 Å². The minimum Gasteiger partial charge on any atom is -0.467 e. The Balaban J connectivity index is 1.33. The van der Waals surface area contributed by atoms with Crippen molar-refractivity contribution in [1.29, 1.82) is 0 Å². The van der Waals surface area contributed by atoms with Crippen LogP contribution in [0, 0.1) is 0 Å². The fourth-order valence-electron chi connectivity index (χ4n) is 2.77. The van der Waals surface area contributed by atoms with E-state index in [1.165, 1.54) is 11.3 Å². The van der Waals surface area contributed by atoms with Crippen molar-refractivity contribution in [3.8, 4) is 11.3 Å². The number of hydrogen-bond acceptors (Lipinski definition) is 5. The van der Waals surface area contributed by atoms with Crippen molar-refractivity contribution >= 4 is 28.1 Å². The van der Waals surface area contributed by atoms with Gasteiger partial charge in [0.15, 0.2) is 4.96 Å². The molecule has 0 aliphatic rings. The summed E-state index contributed by atoms with van der Waals surface area (Å²) < 4.78 is 7.07. The zero-order valence-electron chi connectivity index (χ0n) is 14.9. The monoisotopic (exact) mass is 394 g/mol. The van der Waals surface area contributed by atoms with E-state index in [9.17, 15) is 9.59 Å². The summed E-state index contributed by atoms with van der Waals surface area (Å²) in [6.45, 7) is 0.218. The van der Waals surface area contributed by atoms with Gasteiger partial charge in [-0.1, -0.05) is 30.3 Å². The van der Waals surface area contributed by atoms with E-state index in [4.69, 9.17) is 4.42 Å². The summed E-state index contributed by atoms with van der Waals surface area (Å²) >= 11 is 1.48. The normalized spacial score (nSPS) is 10.9. The number of fused-ring (bicyclic) bond motifs is 1. The number of carbonyl (C=O) groups is 2. The Bertz CT molecular complexity index is 1080. The first kappa shape index (κ1) is 18.0. The van der Waals surface area contributed by atoms with Crippen LogP contribution >= 0.6 is 11.3 Å². The Hall–Kier alpha value is -3.39. The number of carbonyl (C=O) groups excluding carboxylic acids is 2. The maximum Gasteiger partial charge on any atom is 0.239 e. The second-order valence-electron chi connectivity index (χ2n) is 6.18. The predicted molar refractivity (Wildman–Crippen MR) is 106 cm³/mol. The molecule has 2 N–H and O–H groups in total. The maximum atomic E-state index is 12.2. The van der Waals surface area contributed by atoms with Gasteiger partial charge in [0, 0.05) is 22.8 Å². The number of aromatic nitrogens is 2. The molecule has 0 spiro atoms. The van der Waals surface area contributed by atoms with E-state index < -0.39 is 0 Å². The van der Waals surface area contributed by atoms with Crippen LogP contribution in [0.3, 0.4) is 0 Å². The lowest BCUT2D eigenvalue weighted by atomic mass is 10.2. The standard InChI is InChI=1S/C20H18N4O3S/c25-18(22-11-19(26)21-10-16-7-4-8-27-16)9-15-13-28-20-23-17(12-24(15)20)14-5-2-1-3-6-14/h1-8,12-13H,9-11H2,(H,21,26)(H,22,25). The summed E-state index contributed by atoms with van der Waals surface area (Å²) in [4.78, 5) is 29.5. The molecular weight excluding hydrogens is 376 g/mol. The lowest BCUT2D eigenvalue weighted by Gasteiger charge is -2.05. The van der Waals surface area contributed by atoms with Gasteiger partial charge in [-0.3, -0.25) is 14.0 Å². The molecule has 0 aliphatic carbocycles. The molecule has 0 radical (unpaired) electrons. The van der Waals surface area contributed by atoms with E-state index in [2.05, 4.69) is 15.6 Å². The number of thiazole rings is 1. The van der Waals surface area contributed by atoms with Crippen LogP contribution in [0.2, 0.25) is 0 Å². The van der Waals surface area contributed by atoms with Crippen molar-refractivity contribution in [2.45, 2.75) is 13.0 Å². The van der Waals surface area contributed by atoms with Gasteiger partial charge in [-0.05, 0) is 12.1 Å². The van der Waals surface area contributed by atoms with Crippen molar-refractivity contribution < 1.29 is 14.0 Å². The Labute approximate surface area is 165 Å². The van der Waals surface area contributed by atoms with E-state index in [0.717, 1.165) is 21.9 Å². The quantitative estimate of drug-likeness (QED) is 0.504. The third-order valence-corrected chi connectivity index (χ3v) is 5.07. The fraction of sp³-hybridized carbons (Fsp3) is 0.150. The highest BCUT2D eigenvalue weighted by molar-refractivity contribution is 7.15. The molecule has 4 rings (SSSR count). The van der Waals surface area contributed by atoms with Crippen LogP contribution in [0.1, 0.15) is 11.5 Å². The molecule has 142 valence electrons. The Kier molecular flexibility index (Phi) is 5.20. The Morgan fingerprint density at radius 3 is 2.71 bits per heavy atom. The van der Waals surface area contributed by atoms with Gasteiger partial charge in [-0.2, -0.15) is 0 Å². The van der Waals surface area contributed by atoms with Crippen LogP contribution < -0.4 is 10.6 Å². The zero-order chi connectivity index (χ0) is 19.3. The second-order valence-corrected chi connectivity index (χ2v) is 7.02. The van der Waals surface area contributed by atoms with Gasteiger partial charge in [-0.25, -0.2) is 4.98 Å². The average Bonchev–Trinajstić information content (AvgIpc) is 3.44. The SMILES string of the molecule is O=C(CNC(=O)Cc1csc2nc(-c3ccccc3)cn12)NCc1ccco1. The van der Waals surface area contributed by atoms with E-state index in [0.29, 0.717) is 12.3 Å². The first-order chi connectivity index (χ1) is 13.7. The molecule has 0 bridgehead atoms. The molecule has 3 aromatic heterocycles. The maximum absolute atomic E-state index is 12.2. The second kappa shape index (κ2) is 8.10. The Morgan fingerprint density at radius 2 is 1.93 bits per heavy atom. The smallest absolute Gasteiger partial charge is 0.239 e. The fourth-order valence-corrected chi connectivity index (χ4v) is 3.64. The predicted octanol–water partition coefficient (Wildman–Crippen LogP) is 2.63. The molecule has 3 heterocycles. The lowest BCUT2D eigenvalue weighted by Crippen LogP contribution is -2.37. The van der Waals surface area contributed by atoms with Crippen LogP contribution in [0.4, 0.5) is 0 Å². The van der Waals surface area contributed by atoms with E-state index in [-0.39, 0.29) is 24.8 Å². The number of imidazole rings is 1. The molecule has 8 heteroatoms. The molecular formula is C20H18N4O3S. The van der Waals surface area contributed by atoms with Gasteiger partial charge >= 0.3 is 0 Å². The van der Waals surface area contributed by atoms with Crippen molar-refractivity contribution in [1.82, 2.24) is 20.0 Å². The number of furan rings is 1. The highest BCUT2D eigenvalue weighted by Crippen LogP contribution is 2.23. The third-order valence-electron chi connectivity index (χ3n) is 4.18. The summed E-state index contributed by atoms with van der Waals surface area (Å²) in [5.41, 5.74) is 2.73. The summed E-state index contributed by atoms with van der Waals surface area (Å²) in [6, 6.07) is 13.4. The third kappa shape index (κ3) is 4.12. The zero-order valence-corrected chi connectivity index (χ0v) is 15.7. The number of hydrogen-bond donors (Lipinski definition) is 2. The molecule has 7 nitrogen and oxygen atoms in total. The van der Waals surface area contributed by atoms with Crippen LogP contribution in [0.15, 0.2) is 64.7 Å². The largest absolute Gasteiger partial charge is 0.467 e. The summed E-state index contributed by atoms with van der Waals surface area (Å²) in [7, 11) is 0. The number of rotatable bonds is 7. The highest BCUT2D eigenvalue weighted by atomic mass is 32.1. The molecule has 1 aromatic carbocycles. The van der Waals surface area contributed by atoms with Crippen molar-refractivity contribution in [2.75, 3.05) is 6.54 Å². The van der Waals surface area contributed by atoms with Crippen molar-refractivity contribution in [3.05, 3.63) is 71.8 Å². The molecule has 4 aromatic rings. The van der Waals surface area contributed by atoms with E-state index in [1.807, 2.05) is 46.3 Å². The molecule has 0 atom stereocenters. The summed E-state index contributed by atoms with van der Waals surface area (Å²) in [6.07, 6.45) is 3.65. The van der Waals surface area contributed by atoms with Crippen molar-refractivity contribution in [3.63, 3.8) is 0 Å². The van der Waals surface area contributed by atoms with Gasteiger partial charge in [0.25, 0.3) is 0 Å². The minimum atomic E-state index is -0.269. The molecule has 0 saturated carbocycles. The van der Waals surface area contributed by atoms with Crippen LogP contribution in [0.25, 0.3) is 16.2 Å². The van der Waals surface area contributed by atoms with Crippen molar-refractivity contribution in [2.24, 2.45) is 0 Å². The number of nitrogens with one attached hydrogen (secondary N) is 2. The average molecular weight is 394 g/mol. The van der Waals surface area contributed by atoms with Gasteiger partial charge < -0.3 is 15.1 Å². The first-order valence-corrected chi connectivity index (χ1v) is 9.63. The molecule has 2 amide bonds. The van der Waals surface area contributed by atoms with E-state index in [1.54, 1.807) is 18.4 Å². The first-order valence-electron chi connectivity index (χ1n) is 8.76. The van der Waals surface area contributed by atoms with Gasteiger partial charge in [0.1, 0.15) is 5.76 Å². The molecule has 0 unspecified atom stereocenters.